The summed E-state index contributed by atoms with van der Waals surface area (Å²) < 4.78 is 0. The van der Waals surface area contributed by atoms with Crippen LogP contribution in [-0.4, -0.2) is 0 Å². The van der Waals surface area contributed by atoms with Crippen LogP contribution in [-0.2, 0) is 6.42 Å². The lowest BCUT2D eigenvalue weighted by molar-refractivity contribution is 0.725. The van der Waals surface area contributed by atoms with Crippen LogP contribution < -0.4 is 5.73 Å². The molecular formula is C13H13Cl2NS. The molecule has 0 aliphatic carbocycles. The van der Waals surface area contributed by atoms with E-state index in [4.69, 9.17) is 28.9 Å². The zero-order chi connectivity index (χ0) is 12.4. The molecule has 0 fully saturated rings. The average molecular weight is 286 g/mol. The maximum atomic E-state index is 6.17. The van der Waals surface area contributed by atoms with Gasteiger partial charge in [0.25, 0.3) is 0 Å². The molecule has 0 aliphatic heterocycles. The molecule has 17 heavy (non-hydrogen) atoms. The Balaban J connectivity index is 2.21. The van der Waals surface area contributed by atoms with Crippen molar-refractivity contribution in [1.82, 2.24) is 0 Å². The van der Waals surface area contributed by atoms with Crippen molar-refractivity contribution in [3.63, 3.8) is 0 Å². The molecule has 1 atom stereocenters. The van der Waals surface area contributed by atoms with Crippen molar-refractivity contribution in [1.29, 1.82) is 0 Å². The first-order chi connectivity index (χ1) is 8.08. The van der Waals surface area contributed by atoms with Crippen LogP contribution in [0.15, 0.2) is 29.6 Å². The molecule has 1 heterocycles. The van der Waals surface area contributed by atoms with Crippen molar-refractivity contribution >= 4 is 34.5 Å². The summed E-state index contributed by atoms with van der Waals surface area (Å²) in [5.41, 5.74) is 8.23. The second kappa shape index (κ2) is 5.40. The molecule has 0 aliphatic rings. The van der Waals surface area contributed by atoms with Crippen molar-refractivity contribution in [2.75, 3.05) is 0 Å². The molecule has 0 amide bonds. The molecule has 1 unspecified atom stereocenters. The lowest BCUT2D eigenvalue weighted by Gasteiger charge is -2.12. The molecule has 2 N–H and O–H groups in total. The highest BCUT2D eigenvalue weighted by Crippen LogP contribution is 2.29. The molecule has 4 heteroatoms. The van der Waals surface area contributed by atoms with Gasteiger partial charge in [0.1, 0.15) is 0 Å². The summed E-state index contributed by atoms with van der Waals surface area (Å²) in [4.78, 5) is 1.26. The number of halogens is 2. The molecule has 1 aromatic carbocycles. The minimum absolute atomic E-state index is 0.0580. The third-order valence-corrected chi connectivity index (χ3v) is 4.25. The number of rotatable bonds is 3. The number of benzene rings is 1. The van der Waals surface area contributed by atoms with Gasteiger partial charge in [-0.05, 0) is 48.1 Å². The standard InChI is InChI=1S/C13H13Cl2NS/c1-8-5-9(7-17-8)13(16)6-10-11(14)3-2-4-12(10)15/h2-5,7,13H,6,16H2,1H3. The number of thiophene rings is 1. The lowest BCUT2D eigenvalue weighted by Crippen LogP contribution is -2.13. The van der Waals surface area contributed by atoms with Gasteiger partial charge in [-0.25, -0.2) is 0 Å². The third-order valence-electron chi connectivity index (χ3n) is 2.66. The Hall–Kier alpha value is -0.540. The Morgan fingerprint density at radius 1 is 1.29 bits per heavy atom. The van der Waals surface area contributed by atoms with E-state index in [0.29, 0.717) is 16.5 Å². The first-order valence-corrected chi connectivity index (χ1v) is 6.95. The van der Waals surface area contributed by atoms with Crippen LogP contribution >= 0.6 is 34.5 Å². The van der Waals surface area contributed by atoms with Gasteiger partial charge < -0.3 is 5.73 Å². The summed E-state index contributed by atoms with van der Waals surface area (Å²) in [6.45, 7) is 2.07. The zero-order valence-corrected chi connectivity index (χ0v) is 11.7. The molecule has 0 saturated carbocycles. The third kappa shape index (κ3) is 3.02. The monoisotopic (exact) mass is 285 g/mol. The van der Waals surface area contributed by atoms with Gasteiger partial charge in [-0.3, -0.25) is 0 Å². The molecule has 2 rings (SSSR count). The van der Waals surface area contributed by atoms with Gasteiger partial charge >= 0.3 is 0 Å². The van der Waals surface area contributed by atoms with E-state index in [9.17, 15) is 0 Å². The van der Waals surface area contributed by atoms with Gasteiger partial charge in [0.15, 0.2) is 0 Å². The second-order valence-electron chi connectivity index (χ2n) is 4.00. The van der Waals surface area contributed by atoms with E-state index in [1.54, 1.807) is 11.3 Å². The summed E-state index contributed by atoms with van der Waals surface area (Å²) in [6.07, 6.45) is 0.661. The smallest absolute Gasteiger partial charge is 0.0453 e. The molecule has 0 saturated heterocycles. The van der Waals surface area contributed by atoms with E-state index in [1.165, 1.54) is 4.88 Å². The molecule has 0 spiro atoms. The highest BCUT2D eigenvalue weighted by atomic mass is 35.5. The van der Waals surface area contributed by atoms with E-state index in [2.05, 4.69) is 18.4 Å². The van der Waals surface area contributed by atoms with Gasteiger partial charge in [0, 0.05) is 21.0 Å². The van der Waals surface area contributed by atoms with Crippen molar-refractivity contribution in [2.24, 2.45) is 5.73 Å². The fourth-order valence-electron chi connectivity index (χ4n) is 1.72. The summed E-state index contributed by atoms with van der Waals surface area (Å²) in [5, 5.41) is 3.45. The van der Waals surface area contributed by atoms with Gasteiger partial charge in [-0.15, -0.1) is 11.3 Å². The minimum Gasteiger partial charge on any atom is -0.324 e. The minimum atomic E-state index is -0.0580. The van der Waals surface area contributed by atoms with Crippen LogP contribution in [0.3, 0.4) is 0 Å². The normalized spacial score (nSPS) is 12.7. The predicted molar refractivity (Wildman–Crippen MR) is 76.2 cm³/mol. The fourth-order valence-corrected chi connectivity index (χ4v) is 3.04. The topological polar surface area (TPSA) is 26.0 Å². The van der Waals surface area contributed by atoms with E-state index >= 15 is 0 Å². The molecule has 0 bridgehead atoms. The van der Waals surface area contributed by atoms with Crippen molar-refractivity contribution in [2.45, 2.75) is 19.4 Å². The van der Waals surface area contributed by atoms with Crippen LogP contribution in [0.1, 0.15) is 22.0 Å². The zero-order valence-electron chi connectivity index (χ0n) is 9.41. The maximum Gasteiger partial charge on any atom is 0.0453 e. The number of aryl methyl sites for hydroxylation is 1. The van der Waals surface area contributed by atoms with E-state index in [1.807, 2.05) is 18.2 Å². The van der Waals surface area contributed by atoms with Gasteiger partial charge in [-0.2, -0.15) is 0 Å². The van der Waals surface area contributed by atoms with E-state index in [-0.39, 0.29) is 6.04 Å². The summed E-state index contributed by atoms with van der Waals surface area (Å²) in [7, 11) is 0. The van der Waals surface area contributed by atoms with Crippen LogP contribution in [0.2, 0.25) is 10.0 Å². The van der Waals surface area contributed by atoms with Gasteiger partial charge in [-0.1, -0.05) is 29.3 Å². The highest BCUT2D eigenvalue weighted by molar-refractivity contribution is 7.10. The quantitative estimate of drug-likeness (QED) is 0.876. The predicted octanol–water partition coefficient (Wildman–Crippen LogP) is 4.61. The maximum absolute atomic E-state index is 6.17. The van der Waals surface area contributed by atoms with E-state index in [0.717, 1.165) is 11.1 Å². The average Bonchev–Trinajstić information content (AvgIpc) is 2.70. The summed E-state index contributed by atoms with van der Waals surface area (Å²) in [5.74, 6) is 0. The summed E-state index contributed by atoms with van der Waals surface area (Å²) in [6, 6.07) is 7.58. The van der Waals surface area contributed by atoms with Crippen molar-refractivity contribution in [3.05, 3.63) is 55.7 Å². The Morgan fingerprint density at radius 2 is 1.94 bits per heavy atom. The second-order valence-corrected chi connectivity index (χ2v) is 5.93. The van der Waals surface area contributed by atoms with Gasteiger partial charge in [0.2, 0.25) is 0 Å². The Bertz CT molecular complexity index is 502. The first-order valence-electron chi connectivity index (χ1n) is 5.31. The number of nitrogens with two attached hydrogens (primary N) is 1. The van der Waals surface area contributed by atoms with Crippen molar-refractivity contribution in [3.8, 4) is 0 Å². The van der Waals surface area contributed by atoms with Crippen LogP contribution in [0.5, 0.6) is 0 Å². The Labute approximate surface area is 115 Å². The van der Waals surface area contributed by atoms with Crippen LogP contribution in [0, 0.1) is 6.92 Å². The summed E-state index contributed by atoms with van der Waals surface area (Å²) >= 11 is 14.0. The SMILES string of the molecule is Cc1cc(C(N)Cc2c(Cl)cccc2Cl)cs1. The lowest BCUT2D eigenvalue weighted by atomic mass is 10.0. The van der Waals surface area contributed by atoms with Crippen molar-refractivity contribution < 1.29 is 0 Å². The largest absolute Gasteiger partial charge is 0.324 e. The molecule has 0 radical (unpaired) electrons. The highest BCUT2D eigenvalue weighted by Gasteiger charge is 2.13. The molecule has 2 aromatic rings. The molecule has 1 aromatic heterocycles. The fraction of sp³-hybridized carbons (Fsp3) is 0.231. The molecule has 90 valence electrons. The number of hydrogen-bond donors (Lipinski definition) is 1. The Kier molecular flexibility index (Phi) is 4.10. The molecule has 1 nitrogen and oxygen atoms in total. The van der Waals surface area contributed by atoms with Gasteiger partial charge in [0.05, 0.1) is 0 Å². The number of hydrogen-bond acceptors (Lipinski definition) is 2. The molecular weight excluding hydrogens is 273 g/mol. The van der Waals surface area contributed by atoms with E-state index < -0.39 is 0 Å². The van der Waals surface area contributed by atoms with Crippen LogP contribution in [0.25, 0.3) is 0 Å². The Morgan fingerprint density at radius 3 is 2.47 bits per heavy atom. The first kappa shape index (κ1) is 12.9. The van der Waals surface area contributed by atoms with Crippen LogP contribution in [0.4, 0.5) is 0 Å².